The molecule has 5 aromatic rings. The zero-order valence-corrected chi connectivity index (χ0v) is 27.8. The van der Waals surface area contributed by atoms with Gasteiger partial charge in [0.25, 0.3) is 0 Å². The van der Waals surface area contributed by atoms with E-state index in [9.17, 15) is 4.79 Å². The number of carbonyl (C=O) groups is 1. The molecule has 232 valence electrons. The molecule has 1 aromatic heterocycles. The van der Waals surface area contributed by atoms with E-state index >= 15 is 0 Å². The Bertz CT molecular complexity index is 1840. The van der Waals surface area contributed by atoms with Gasteiger partial charge in [-0.25, -0.2) is 4.79 Å². The summed E-state index contributed by atoms with van der Waals surface area (Å²) < 4.78 is 13.4. The molecule has 0 amide bonds. The molecule has 0 aliphatic carbocycles. The largest absolute Gasteiger partial charge is 0.497 e. The van der Waals surface area contributed by atoms with E-state index in [2.05, 4.69) is 86.9 Å². The molecule has 0 saturated heterocycles. The number of aromatic nitrogens is 1. The Morgan fingerprint density at radius 2 is 1.60 bits per heavy atom. The van der Waals surface area contributed by atoms with Crippen LogP contribution in [0, 0.1) is 13.8 Å². The van der Waals surface area contributed by atoms with Crippen LogP contribution in [0.15, 0.2) is 96.0 Å². The van der Waals surface area contributed by atoms with Crippen LogP contribution >= 0.6 is 0 Å². The molecule has 1 atom stereocenters. The predicted molar refractivity (Wildman–Crippen MR) is 186 cm³/mol. The lowest BCUT2D eigenvalue weighted by Gasteiger charge is -2.20. The van der Waals surface area contributed by atoms with Crippen LogP contribution in [-0.4, -0.2) is 29.0 Å². The molecular formula is C40H44N2O3. The molecular weight excluding hydrogens is 556 g/mol. The van der Waals surface area contributed by atoms with E-state index in [1.807, 2.05) is 57.2 Å². The molecule has 4 aromatic carbocycles. The summed E-state index contributed by atoms with van der Waals surface area (Å²) in [6.07, 6.45) is 0.855. The second kappa shape index (κ2) is 13.2. The molecule has 0 aliphatic heterocycles. The topological polar surface area (TPSA) is 52.8 Å². The fraction of sp³-hybridized carbons (Fsp3) is 0.300. The smallest absolute Gasteiger partial charge is 0.339 e. The molecule has 0 spiro atoms. The Morgan fingerprint density at radius 3 is 2.24 bits per heavy atom. The maximum atomic E-state index is 12.9. The highest BCUT2D eigenvalue weighted by molar-refractivity contribution is 6.04. The number of hydrogen-bond acceptors (Lipinski definition) is 4. The summed E-state index contributed by atoms with van der Waals surface area (Å²) in [7, 11) is 1.69. The van der Waals surface area contributed by atoms with Gasteiger partial charge in [-0.15, -0.1) is 0 Å². The molecule has 0 N–H and O–H groups in total. The quantitative estimate of drug-likeness (QED) is 0.125. The minimum atomic E-state index is -0.551. The summed E-state index contributed by atoms with van der Waals surface area (Å²) in [4.78, 5) is 18.0. The van der Waals surface area contributed by atoms with E-state index in [1.54, 1.807) is 7.11 Å². The standard InChI is InChI=1S/C40H44N2O3/c1-9-37(41-27(3)30-18-21-33(44-8)22-19-30)32-20-23-38-36(24-32)26(2)28(4)42(38)25-29-14-16-31(17-15-29)34-12-10-11-13-35(34)39(43)45-40(5,6)7/h10-24,27H,9,25H2,1-8H3. The fourth-order valence-corrected chi connectivity index (χ4v) is 5.81. The highest BCUT2D eigenvalue weighted by Crippen LogP contribution is 2.30. The number of benzene rings is 4. The Labute approximate surface area is 267 Å². The SMILES string of the molecule is CCC(=NC(C)c1ccc(OC)cc1)c1ccc2c(c1)c(C)c(C)n2Cc1ccc(-c2ccccc2C(=O)OC(C)(C)C)cc1. The van der Waals surface area contributed by atoms with E-state index < -0.39 is 5.60 Å². The van der Waals surface area contributed by atoms with Gasteiger partial charge < -0.3 is 14.0 Å². The highest BCUT2D eigenvalue weighted by atomic mass is 16.6. The van der Waals surface area contributed by atoms with Crippen molar-refractivity contribution < 1.29 is 14.3 Å². The third-order valence-electron chi connectivity index (χ3n) is 8.41. The second-order valence-electron chi connectivity index (χ2n) is 12.7. The van der Waals surface area contributed by atoms with Gasteiger partial charge in [0.05, 0.1) is 18.7 Å². The van der Waals surface area contributed by atoms with Crippen molar-refractivity contribution in [2.45, 2.75) is 73.1 Å². The minimum Gasteiger partial charge on any atom is -0.497 e. The van der Waals surface area contributed by atoms with Crippen molar-refractivity contribution in [3.05, 3.63) is 125 Å². The number of aryl methyl sites for hydroxylation is 1. The first-order chi connectivity index (χ1) is 21.5. The van der Waals surface area contributed by atoms with E-state index in [1.165, 1.54) is 38.9 Å². The molecule has 0 bridgehead atoms. The second-order valence-corrected chi connectivity index (χ2v) is 12.7. The van der Waals surface area contributed by atoms with Gasteiger partial charge in [0.15, 0.2) is 0 Å². The Hall–Kier alpha value is -4.64. The van der Waals surface area contributed by atoms with Crippen molar-refractivity contribution >= 4 is 22.6 Å². The van der Waals surface area contributed by atoms with Crippen molar-refractivity contribution in [1.82, 2.24) is 4.57 Å². The number of hydrogen-bond donors (Lipinski definition) is 0. The molecule has 5 rings (SSSR count). The molecule has 0 radical (unpaired) electrons. The zero-order chi connectivity index (χ0) is 32.3. The van der Waals surface area contributed by atoms with Crippen LogP contribution in [-0.2, 0) is 11.3 Å². The highest BCUT2D eigenvalue weighted by Gasteiger charge is 2.21. The van der Waals surface area contributed by atoms with Gasteiger partial charge >= 0.3 is 5.97 Å². The van der Waals surface area contributed by atoms with Gasteiger partial charge in [-0.05, 0) is 112 Å². The molecule has 0 fully saturated rings. The maximum absolute atomic E-state index is 12.9. The zero-order valence-electron chi connectivity index (χ0n) is 27.8. The van der Waals surface area contributed by atoms with Crippen LogP contribution in [0.1, 0.15) is 85.4 Å². The van der Waals surface area contributed by atoms with Gasteiger partial charge in [-0.2, -0.15) is 0 Å². The van der Waals surface area contributed by atoms with Crippen molar-refractivity contribution in [2.24, 2.45) is 4.99 Å². The van der Waals surface area contributed by atoms with Gasteiger partial charge in [0, 0.05) is 28.9 Å². The Balaban J connectivity index is 1.40. The van der Waals surface area contributed by atoms with Crippen LogP contribution in [0.25, 0.3) is 22.0 Å². The van der Waals surface area contributed by atoms with Gasteiger partial charge in [-0.3, -0.25) is 4.99 Å². The summed E-state index contributed by atoms with van der Waals surface area (Å²) in [5, 5.41) is 1.26. The average Bonchev–Trinajstić information content (AvgIpc) is 3.27. The summed E-state index contributed by atoms with van der Waals surface area (Å²) in [5.74, 6) is 0.545. The van der Waals surface area contributed by atoms with Crippen LogP contribution in [0.2, 0.25) is 0 Å². The van der Waals surface area contributed by atoms with Crippen LogP contribution in [0.4, 0.5) is 0 Å². The number of methoxy groups -OCH3 is 1. The minimum absolute atomic E-state index is 0.0491. The molecule has 1 heterocycles. The summed E-state index contributed by atoms with van der Waals surface area (Å²) in [5.41, 5.74) is 10.3. The number of carbonyl (C=O) groups excluding carboxylic acids is 1. The fourth-order valence-electron chi connectivity index (χ4n) is 5.81. The van der Waals surface area contributed by atoms with Crippen molar-refractivity contribution in [1.29, 1.82) is 0 Å². The number of fused-ring (bicyclic) bond motifs is 1. The lowest BCUT2D eigenvalue weighted by Crippen LogP contribution is -2.24. The number of aliphatic imine (C=N–C) groups is 1. The molecule has 5 heteroatoms. The summed E-state index contributed by atoms with van der Waals surface area (Å²) in [6, 6.07) is 31.1. The average molecular weight is 601 g/mol. The first-order valence-corrected chi connectivity index (χ1v) is 15.7. The van der Waals surface area contributed by atoms with Gasteiger partial charge in [-0.1, -0.05) is 67.6 Å². The Kier molecular flexibility index (Phi) is 9.29. The number of rotatable bonds is 9. The van der Waals surface area contributed by atoms with E-state index in [-0.39, 0.29) is 12.0 Å². The molecule has 45 heavy (non-hydrogen) atoms. The Morgan fingerprint density at radius 1 is 0.911 bits per heavy atom. The molecule has 1 unspecified atom stereocenters. The molecule has 0 saturated carbocycles. The van der Waals surface area contributed by atoms with Crippen LogP contribution in [0.3, 0.4) is 0 Å². The normalized spacial score (nSPS) is 12.8. The lowest BCUT2D eigenvalue weighted by atomic mass is 9.98. The summed E-state index contributed by atoms with van der Waals surface area (Å²) in [6.45, 7) is 15.1. The monoisotopic (exact) mass is 600 g/mol. The van der Waals surface area contributed by atoms with E-state index in [0.717, 1.165) is 35.6 Å². The lowest BCUT2D eigenvalue weighted by molar-refractivity contribution is 0.00704. The van der Waals surface area contributed by atoms with Crippen molar-refractivity contribution in [3.8, 4) is 16.9 Å². The first kappa shape index (κ1) is 31.8. The third kappa shape index (κ3) is 7.04. The third-order valence-corrected chi connectivity index (χ3v) is 8.41. The van der Waals surface area contributed by atoms with Gasteiger partial charge in [0.1, 0.15) is 11.4 Å². The van der Waals surface area contributed by atoms with Crippen LogP contribution < -0.4 is 4.74 Å². The summed E-state index contributed by atoms with van der Waals surface area (Å²) >= 11 is 0. The molecule has 0 aliphatic rings. The number of nitrogens with zero attached hydrogens (tertiary/aromatic N) is 2. The maximum Gasteiger partial charge on any atom is 0.339 e. The van der Waals surface area contributed by atoms with E-state index in [0.29, 0.717) is 5.56 Å². The predicted octanol–water partition coefficient (Wildman–Crippen LogP) is 9.90. The van der Waals surface area contributed by atoms with Gasteiger partial charge in [0.2, 0.25) is 0 Å². The first-order valence-electron chi connectivity index (χ1n) is 15.7. The number of esters is 1. The van der Waals surface area contributed by atoms with E-state index in [4.69, 9.17) is 14.5 Å². The van der Waals surface area contributed by atoms with Crippen LogP contribution in [0.5, 0.6) is 5.75 Å². The van der Waals surface area contributed by atoms with Crippen molar-refractivity contribution in [2.75, 3.05) is 7.11 Å². The molecule has 5 nitrogen and oxygen atoms in total. The number of ether oxygens (including phenoxy) is 2. The van der Waals surface area contributed by atoms with Crippen molar-refractivity contribution in [3.63, 3.8) is 0 Å².